The highest BCUT2D eigenvalue weighted by molar-refractivity contribution is 6.04. The van der Waals surface area contributed by atoms with Crippen molar-refractivity contribution in [2.24, 2.45) is 0 Å². The number of carbonyl (C=O) groups is 1. The van der Waals surface area contributed by atoms with Crippen LogP contribution < -0.4 is 10.6 Å². The Bertz CT molecular complexity index is 916. The third-order valence-corrected chi connectivity index (χ3v) is 4.53. The minimum absolute atomic E-state index is 0.0207. The molecule has 0 saturated carbocycles. The number of ether oxygens (including phenoxy) is 1. The number of hydrogen-bond donors (Lipinski definition) is 4. The van der Waals surface area contributed by atoms with Crippen molar-refractivity contribution in [2.75, 3.05) is 11.9 Å². The Morgan fingerprint density at radius 2 is 1.90 bits per heavy atom. The van der Waals surface area contributed by atoms with Crippen LogP contribution in [-0.2, 0) is 11.3 Å². The van der Waals surface area contributed by atoms with Gasteiger partial charge < -0.3 is 15.0 Å². The number of amides is 1. The van der Waals surface area contributed by atoms with Crippen LogP contribution in [0.5, 0.6) is 0 Å². The van der Waals surface area contributed by atoms with Crippen molar-refractivity contribution in [3.63, 3.8) is 0 Å². The van der Waals surface area contributed by atoms with E-state index >= 15 is 0 Å². The largest absolute Gasteiger partial charge is 0.449 e. The van der Waals surface area contributed by atoms with Crippen LogP contribution >= 0.6 is 0 Å². The summed E-state index contributed by atoms with van der Waals surface area (Å²) in [6.07, 6.45) is 3.58. The third kappa shape index (κ3) is 6.07. The number of H-pyrrole nitrogens is 1. The molecule has 7 heteroatoms. The predicted octanol–water partition coefficient (Wildman–Crippen LogP) is 4.81. The minimum atomic E-state index is -0.585. The average Bonchev–Trinajstić information content (AvgIpc) is 3.15. The number of imidazole rings is 1. The Balaban J connectivity index is 1.45. The SMILES string of the molecule is CCCCCCOC(=O)NC(=N)c1ccc(NCc2nc3ccccc3[nH]2)cc1. The van der Waals surface area contributed by atoms with Gasteiger partial charge in [0.15, 0.2) is 0 Å². The zero-order valence-corrected chi connectivity index (χ0v) is 16.6. The number of amidine groups is 1. The molecule has 2 aromatic carbocycles. The number of nitrogens with one attached hydrogen (secondary N) is 4. The highest BCUT2D eigenvalue weighted by Gasteiger charge is 2.08. The van der Waals surface area contributed by atoms with E-state index < -0.39 is 6.09 Å². The summed E-state index contributed by atoms with van der Waals surface area (Å²) >= 11 is 0. The monoisotopic (exact) mass is 393 g/mol. The van der Waals surface area contributed by atoms with Crippen LogP contribution in [0.2, 0.25) is 0 Å². The molecule has 0 aliphatic heterocycles. The van der Waals surface area contributed by atoms with E-state index in [0.717, 1.165) is 48.2 Å². The highest BCUT2D eigenvalue weighted by atomic mass is 16.5. The second-order valence-electron chi connectivity index (χ2n) is 6.83. The van der Waals surface area contributed by atoms with Crippen molar-refractivity contribution in [1.29, 1.82) is 5.41 Å². The summed E-state index contributed by atoms with van der Waals surface area (Å²) in [5.41, 5.74) is 3.47. The normalized spacial score (nSPS) is 10.7. The van der Waals surface area contributed by atoms with Crippen LogP contribution in [0.1, 0.15) is 44.0 Å². The number of aromatic amines is 1. The molecular weight excluding hydrogens is 366 g/mol. The molecule has 3 rings (SSSR count). The zero-order valence-electron chi connectivity index (χ0n) is 16.6. The quantitative estimate of drug-likeness (QED) is 0.238. The molecule has 1 heterocycles. The number of hydrogen-bond acceptors (Lipinski definition) is 5. The van der Waals surface area contributed by atoms with E-state index in [-0.39, 0.29) is 5.84 Å². The molecule has 0 bridgehead atoms. The van der Waals surface area contributed by atoms with Crippen molar-refractivity contribution >= 4 is 28.6 Å². The molecule has 0 atom stereocenters. The maximum atomic E-state index is 11.8. The van der Waals surface area contributed by atoms with E-state index in [1.54, 1.807) is 12.1 Å². The summed E-state index contributed by atoms with van der Waals surface area (Å²) in [7, 11) is 0. The van der Waals surface area contributed by atoms with E-state index in [2.05, 4.69) is 27.5 Å². The Kier molecular flexibility index (Phi) is 7.22. The first-order chi connectivity index (χ1) is 14.2. The summed E-state index contributed by atoms with van der Waals surface area (Å²) in [6.45, 7) is 3.08. The number of carbonyl (C=O) groups excluding carboxylic acids is 1. The average molecular weight is 393 g/mol. The Labute approximate surface area is 170 Å². The van der Waals surface area contributed by atoms with E-state index in [4.69, 9.17) is 10.1 Å². The van der Waals surface area contributed by atoms with E-state index in [1.807, 2.05) is 36.4 Å². The lowest BCUT2D eigenvalue weighted by molar-refractivity contribution is 0.149. The molecule has 7 nitrogen and oxygen atoms in total. The van der Waals surface area contributed by atoms with Gasteiger partial charge in [0.2, 0.25) is 0 Å². The summed E-state index contributed by atoms with van der Waals surface area (Å²) in [5, 5.41) is 13.8. The first-order valence-electron chi connectivity index (χ1n) is 9.96. The third-order valence-electron chi connectivity index (χ3n) is 4.53. The van der Waals surface area contributed by atoms with Crippen LogP contribution in [-0.4, -0.2) is 28.5 Å². The Hall–Kier alpha value is -3.35. The molecular formula is C22H27N5O2. The molecule has 4 N–H and O–H groups in total. The molecule has 1 aromatic heterocycles. The molecule has 0 saturated heterocycles. The molecule has 0 fully saturated rings. The number of rotatable bonds is 9. The summed E-state index contributed by atoms with van der Waals surface area (Å²) in [5.74, 6) is 0.874. The molecule has 0 unspecified atom stereocenters. The lowest BCUT2D eigenvalue weighted by Gasteiger charge is -2.09. The molecule has 0 aliphatic carbocycles. The molecule has 0 spiro atoms. The van der Waals surface area contributed by atoms with Gasteiger partial charge in [0.25, 0.3) is 0 Å². The van der Waals surface area contributed by atoms with Crippen molar-refractivity contribution < 1.29 is 9.53 Å². The fourth-order valence-corrected chi connectivity index (χ4v) is 2.93. The zero-order chi connectivity index (χ0) is 20.5. The second kappa shape index (κ2) is 10.3. The van der Waals surface area contributed by atoms with Gasteiger partial charge in [-0.3, -0.25) is 10.7 Å². The number of anilines is 1. The van der Waals surface area contributed by atoms with E-state index in [1.165, 1.54) is 0 Å². The number of alkyl carbamates (subject to hydrolysis) is 1. The first kappa shape index (κ1) is 20.4. The van der Waals surface area contributed by atoms with Gasteiger partial charge in [-0.1, -0.05) is 38.3 Å². The lowest BCUT2D eigenvalue weighted by atomic mass is 10.2. The molecule has 0 aliphatic rings. The topological polar surface area (TPSA) is 103 Å². The number of fused-ring (bicyclic) bond motifs is 1. The standard InChI is InChI=1S/C22H27N5O2/c1-2-3-4-7-14-29-22(28)27-21(23)16-10-12-17(13-11-16)24-15-20-25-18-8-5-6-9-19(18)26-20/h5-6,8-13,24H,2-4,7,14-15H2,1H3,(H,25,26)(H2,23,27,28). The van der Waals surface area contributed by atoms with Crippen LogP contribution in [0.15, 0.2) is 48.5 Å². The van der Waals surface area contributed by atoms with Gasteiger partial charge in [-0.15, -0.1) is 0 Å². The maximum Gasteiger partial charge on any atom is 0.412 e. The smallest absolute Gasteiger partial charge is 0.412 e. The van der Waals surface area contributed by atoms with Crippen molar-refractivity contribution in [3.05, 3.63) is 59.9 Å². The van der Waals surface area contributed by atoms with Gasteiger partial charge in [-0.05, 0) is 42.8 Å². The first-order valence-corrected chi connectivity index (χ1v) is 9.96. The second-order valence-corrected chi connectivity index (χ2v) is 6.83. The van der Waals surface area contributed by atoms with Crippen molar-refractivity contribution in [3.8, 4) is 0 Å². The molecule has 1 amide bonds. The Morgan fingerprint density at radius 1 is 1.10 bits per heavy atom. The van der Waals surface area contributed by atoms with Crippen molar-refractivity contribution in [1.82, 2.24) is 15.3 Å². The minimum Gasteiger partial charge on any atom is -0.449 e. The number of para-hydroxylation sites is 2. The van der Waals surface area contributed by atoms with Gasteiger partial charge in [0, 0.05) is 11.3 Å². The van der Waals surface area contributed by atoms with E-state index in [9.17, 15) is 4.79 Å². The number of benzene rings is 2. The summed E-state index contributed by atoms with van der Waals surface area (Å²) in [6, 6.07) is 15.2. The molecule has 3 aromatic rings. The fourth-order valence-electron chi connectivity index (χ4n) is 2.93. The lowest BCUT2D eigenvalue weighted by Crippen LogP contribution is -2.31. The van der Waals surface area contributed by atoms with E-state index in [0.29, 0.717) is 18.7 Å². The predicted molar refractivity (Wildman–Crippen MR) is 115 cm³/mol. The highest BCUT2D eigenvalue weighted by Crippen LogP contribution is 2.13. The molecule has 0 radical (unpaired) electrons. The van der Waals surface area contributed by atoms with Crippen LogP contribution in [0.25, 0.3) is 11.0 Å². The molecule has 29 heavy (non-hydrogen) atoms. The van der Waals surface area contributed by atoms with Crippen LogP contribution in [0.4, 0.5) is 10.5 Å². The molecule has 152 valence electrons. The van der Waals surface area contributed by atoms with Gasteiger partial charge in [-0.2, -0.15) is 0 Å². The van der Waals surface area contributed by atoms with Crippen LogP contribution in [0.3, 0.4) is 0 Å². The van der Waals surface area contributed by atoms with Gasteiger partial charge >= 0.3 is 6.09 Å². The van der Waals surface area contributed by atoms with Crippen LogP contribution in [0, 0.1) is 5.41 Å². The number of aromatic nitrogens is 2. The van der Waals surface area contributed by atoms with Crippen molar-refractivity contribution in [2.45, 2.75) is 39.2 Å². The number of unbranched alkanes of at least 4 members (excludes halogenated alkanes) is 3. The Morgan fingerprint density at radius 3 is 2.66 bits per heavy atom. The maximum absolute atomic E-state index is 11.8. The summed E-state index contributed by atoms with van der Waals surface area (Å²) < 4.78 is 5.10. The van der Waals surface area contributed by atoms with Gasteiger partial charge in [-0.25, -0.2) is 9.78 Å². The number of nitrogens with zero attached hydrogens (tertiary/aromatic N) is 1. The fraction of sp³-hybridized carbons (Fsp3) is 0.318. The summed E-state index contributed by atoms with van der Waals surface area (Å²) in [4.78, 5) is 19.6. The van der Waals surface area contributed by atoms with Gasteiger partial charge in [0.05, 0.1) is 24.2 Å². The van der Waals surface area contributed by atoms with Gasteiger partial charge in [0.1, 0.15) is 11.7 Å².